The predicted molar refractivity (Wildman–Crippen MR) is 92.2 cm³/mol. The van der Waals surface area contributed by atoms with Gasteiger partial charge in [0, 0.05) is 13.3 Å². The third kappa shape index (κ3) is 8.03. The van der Waals surface area contributed by atoms with Gasteiger partial charge in [0.25, 0.3) is 0 Å². The molecule has 0 aromatic carbocycles. The number of carboxylic acid groups (broad SMARTS) is 1. The van der Waals surface area contributed by atoms with Crippen LogP contribution in [-0.4, -0.2) is 65.0 Å². The SMILES string of the molecule is CC(=O)N[C@@H]1C[C@H]1O[C@@H](C)C(=O)N[C@@H](C)C(=O)N[C@H](CCC(=O)O)C(N)=O. The van der Waals surface area contributed by atoms with E-state index >= 15 is 0 Å². The highest BCUT2D eigenvalue weighted by atomic mass is 16.5. The summed E-state index contributed by atoms with van der Waals surface area (Å²) in [5, 5.41) is 16.1. The summed E-state index contributed by atoms with van der Waals surface area (Å²) < 4.78 is 5.50. The molecule has 1 aliphatic rings. The van der Waals surface area contributed by atoms with Crippen LogP contribution in [0.5, 0.6) is 0 Å². The summed E-state index contributed by atoms with van der Waals surface area (Å²) in [4.78, 5) is 57.1. The number of amides is 4. The standard InChI is InChI=1S/C16H26N4O7/c1-7(15(25)20-10(14(17)24)4-5-13(22)23)18-16(26)8(2)27-12-6-11(12)19-9(3)21/h7-8,10-12H,4-6H2,1-3H3,(H2,17,24)(H,18,26)(H,19,21)(H,20,25)(H,22,23)/t7-,8-,10+,11+,12+/m0/s1. The highest BCUT2D eigenvalue weighted by Gasteiger charge is 2.41. The zero-order valence-electron chi connectivity index (χ0n) is 15.5. The van der Waals surface area contributed by atoms with Crippen molar-refractivity contribution < 1.29 is 33.8 Å². The second-order valence-electron chi connectivity index (χ2n) is 6.49. The lowest BCUT2D eigenvalue weighted by Gasteiger charge is -2.20. The van der Waals surface area contributed by atoms with E-state index in [1.54, 1.807) is 0 Å². The molecule has 27 heavy (non-hydrogen) atoms. The van der Waals surface area contributed by atoms with Gasteiger partial charge in [0.05, 0.1) is 12.1 Å². The highest BCUT2D eigenvalue weighted by Crippen LogP contribution is 2.26. The van der Waals surface area contributed by atoms with E-state index < -0.39 is 41.9 Å². The molecule has 0 saturated heterocycles. The molecule has 0 aliphatic heterocycles. The smallest absolute Gasteiger partial charge is 0.303 e. The van der Waals surface area contributed by atoms with E-state index in [9.17, 15) is 24.0 Å². The Morgan fingerprint density at radius 2 is 1.78 bits per heavy atom. The minimum atomic E-state index is -1.15. The van der Waals surface area contributed by atoms with Crippen molar-refractivity contribution in [3.05, 3.63) is 0 Å². The van der Waals surface area contributed by atoms with Crippen molar-refractivity contribution in [2.45, 2.75) is 70.4 Å². The first-order valence-corrected chi connectivity index (χ1v) is 8.55. The maximum atomic E-state index is 12.1. The van der Waals surface area contributed by atoms with Gasteiger partial charge < -0.3 is 31.5 Å². The number of carboxylic acids is 1. The zero-order chi connectivity index (χ0) is 20.7. The molecule has 152 valence electrons. The Balaban J connectivity index is 2.44. The average Bonchev–Trinajstić information content (AvgIpc) is 3.26. The highest BCUT2D eigenvalue weighted by molar-refractivity contribution is 5.92. The Morgan fingerprint density at radius 1 is 1.15 bits per heavy atom. The van der Waals surface area contributed by atoms with Crippen LogP contribution >= 0.6 is 0 Å². The number of nitrogens with one attached hydrogen (secondary N) is 3. The molecule has 0 aromatic heterocycles. The summed E-state index contributed by atoms with van der Waals surface area (Å²) in [7, 11) is 0. The lowest BCUT2D eigenvalue weighted by Crippen LogP contribution is -2.53. The predicted octanol–water partition coefficient (Wildman–Crippen LogP) is -1.99. The van der Waals surface area contributed by atoms with E-state index in [2.05, 4.69) is 16.0 Å². The van der Waals surface area contributed by atoms with Crippen LogP contribution in [0.15, 0.2) is 0 Å². The van der Waals surface area contributed by atoms with Gasteiger partial charge in [0.1, 0.15) is 18.2 Å². The maximum Gasteiger partial charge on any atom is 0.303 e. The summed E-state index contributed by atoms with van der Waals surface area (Å²) >= 11 is 0. The molecule has 0 unspecified atom stereocenters. The second kappa shape index (κ2) is 9.86. The largest absolute Gasteiger partial charge is 0.481 e. The van der Waals surface area contributed by atoms with E-state index in [0.29, 0.717) is 6.42 Å². The van der Waals surface area contributed by atoms with Crippen LogP contribution in [0.4, 0.5) is 0 Å². The molecule has 0 aromatic rings. The molecule has 1 rings (SSSR count). The van der Waals surface area contributed by atoms with Crippen LogP contribution in [0.3, 0.4) is 0 Å². The lowest BCUT2D eigenvalue weighted by molar-refractivity contribution is -0.138. The van der Waals surface area contributed by atoms with E-state index in [4.69, 9.17) is 15.6 Å². The number of nitrogens with two attached hydrogens (primary N) is 1. The van der Waals surface area contributed by atoms with Gasteiger partial charge >= 0.3 is 5.97 Å². The number of carbonyl (C=O) groups is 5. The molecular weight excluding hydrogens is 360 g/mol. The summed E-state index contributed by atoms with van der Waals surface area (Å²) in [5.74, 6) is -3.38. The molecule has 5 atom stereocenters. The number of primary amides is 1. The number of ether oxygens (including phenoxy) is 1. The molecular formula is C16H26N4O7. The quantitative estimate of drug-likeness (QED) is 0.273. The van der Waals surface area contributed by atoms with E-state index in [1.807, 2.05) is 0 Å². The van der Waals surface area contributed by atoms with Crippen LogP contribution in [0.25, 0.3) is 0 Å². The van der Waals surface area contributed by atoms with Crippen molar-refractivity contribution >= 4 is 29.6 Å². The lowest BCUT2D eigenvalue weighted by atomic mass is 10.1. The molecule has 11 heteroatoms. The molecule has 4 amide bonds. The Hall–Kier alpha value is -2.69. The maximum absolute atomic E-state index is 12.1. The molecule has 1 fully saturated rings. The summed E-state index contributed by atoms with van der Waals surface area (Å²) in [6, 6.07) is -2.25. The van der Waals surface area contributed by atoms with Crippen LogP contribution in [-0.2, 0) is 28.7 Å². The van der Waals surface area contributed by atoms with Gasteiger partial charge in [0.15, 0.2) is 0 Å². The Kier molecular flexibility index (Phi) is 8.16. The first-order valence-electron chi connectivity index (χ1n) is 8.55. The number of rotatable bonds is 11. The third-order valence-electron chi connectivity index (χ3n) is 3.93. The summed E-state index contributed by atoms with van der Waals surface area (Å²) in [5.41, 5.74) is 5.15. The Morgan fingerprint density at radius 3 is 2.30 bits per heavy atom. The van der Waals surface area contributed by atoms with E-state index in [0.717, 1.165) is 0 Å². The van der Waals surface area contributed by atoms with Crippen molar-refractivity contribution in [2.75, 3.05) is 0 Å². The zero-order valence-corrected chi connectivity index (χ0v) is 15.5. The van der Waals surface area contributed by atoms with Crippen molar-refractivity contribution in [3.8, 4) is 0 Å². The first-order chi connectivity index (χ1) is 12.5. The van der Waals surface area contributed by atoms with Crippen LogP contribution < -0.4 is 21.7 Å². The molecule has 0 spiro atoms. The minimum Gasteiger partial charge on any atom is -0.481 e. The fourth-order valence-electron chi connectivity index (χ4n) is 2.31. The van der Waals surface area contributed by atoms with Gasteiger partial charge in [-0.1, -0.05) is 0 Å². The molecule has 6 N–H and O–H groups in total. The molecule has 1 saturated carbocycles. The summed E-state index contributed by atoms with van der Waals surface area (Å²) in [6.45, 7) is 4.32. The fourth-order valence-corrected chi connectivity index (χ4v) is 2.31. The average molecular weight is 386 g/mol. The molecule has 0 bridgehead atoms. The van der Waals surface area contributed by atoms with Crippen LogP contribution in [0, 0.1) is 0 Å². The topological polar surface area (TPSA) is 177 Å². The first kappa shape index (κ1) is 22.4. The molecule has 0 heterocycles. The van der Waals surface area contributed by atoms with Crippen molar-refractivity contribution in [3.63, 3.8) is 0 Å². The van der Waals surface area contributed by atoms with Gasteiger partial charge in [-0.05, 0) is 26.7 Å². The van der Waals surface area contributed by atoms with E-state index in [-0.39, 0.29) is 30.9 Å². The second-order valence-corrected chi connectivity index (χ2v) is 6.49. The Bertz CT molecular complexity index is 610. The minimum absolute atomic E-state index is 0.121. The molecule has 11 nitrogen and oxygen atoms in total. The van der Waals surface area contributed by atoms with Crippen molar-refractivity contribution in [1.29, 1.82) is 0 Å². The Labute approximate surface area is 156 Å². The normalized spacial score (nSPS) is 21.3. The monoisotopic (exact) mass is 386 g/mol. The van der Waals surface area contributed by atoms with Crippen molar-refractivity contribution in [1.82, 2.24) is 16.0 Å². The number of hydrogen-bond donors (Lipinski definition) is 5. The van der Waals surface area contributed by atoms with E-state index in [1.165, 1.54) is 20.8 Å². The van der Waals surface area contributed by atoms with Gasteiger partial charge in [0.2, 0.25) is 23.6 Å². The van der Waals surface area contributed by atoms with Gasteiger partial charge in [-0.25, -0.2) is 0 Å². The van der Waals surface area contributed by atoms with Crippen molar-refractivity contribution in [2.24, 2.45) is 5.73 Å². The number of carbonyl (C=O) groups excluding carboxylic acids is 4. The number of hydrogen-bond acceptors (Lipinski definition) is 6. The number of aliphatic carboxylic acids is 1. The molecule has 1 aliphatic carbocycles. The van der Waals surface area contributed by atoms with Crippen LogP contribution in [0.1, 0.15) is 40.0 Å². The summed E-state index contributed by atoms with van der Waals surface area (Å²) in [6.07, 6.45) is -0.979. The van der Waals surface area contributed by atoms with Gasteiger partial charge in [-0.3, -0.25) is 24.0 Å². The van der Waals surface area contributed by atoms with Crippen LogP contribution in [0.2, 0.25) is 0 Å². The molecule has 0 radical (unpaired) electrons. The fraction of sp³-hybridized carbons (Fsp3) is 0.688. The third-order valence-corrected chi connectivity index (χ3v) is 3.93. The van der Waals surface area contributed by atoms with Gasteiger partial charge in [-0.2, -0.15) is 0 Å². The van der Waals surface area contributed by atoms with Gasteiger partial charge in [-0.15, -0.1) is 0 Å².